The monoisotopic (exact) mass is 317 g/mol. The highest BCUT2D eigenvalue weighted by atomic mass is 32.1. The molecule has 3 aromatic heterocycles. The molecule has 0 radical (unpaired) electrons. The van der Waals surface area contributed by atoms with Crippen LogP contribution in [0.5, 0.6) is 0 Å². The second kappa shape index (κ2) is 6.15. The van der Waals surface area contributed by atoms with Crippen LogP contribution in [0.25, 0.3) is 10.8 Å². The highest BCUT2D eigenvalue weighted by molar-refractivity contribution is 7.13. The van der Waals surface area contributed by atoms with Crippen LogP contribution in [0.3, 0.4) is 0 Å². The van der Waals surface area contributed by atoms with Crippen LogP contribution in [0.1, 0.15) is 22.7 Å². The first-order valence-electron chi connectivity index (χ1n) is 6.80. The summed E-state index contributed by atoms with van der Waals surface area (Å²) in [5.41, 5.74) is 2.27. The van der Waals surface area contributed by atoms with E-state index in [-0.39, 0.29) is 12.3 Å². The number of carbonyl (C=O) groups excluding carboxylic acids is 1. The number of rotatable bonds is 5. The number of nitrogens with one attached hydrogen (secondary N) is 1. The lowest BCUT2D eigenvalue weighted by Gasteiger charge is -2.02. The van der Waals surface area contributed by atoms with Gasteiger partial charge in [-0.2, -0.15) is 0 Å². The van der Waals surface area contributed by atoms with Gasteiger partial charge in [-0.1, -0.05) is 11.2 Å². The van der Waals surface area contributed by atoms with Crippen molar-refractivity contribution in [2.45, 2.75) is 26.8 Å². The average molecular weight is 317 g/mol. The van der Waals surface area contributed by atoms with Crippen molar-refractivity contribution in [2.75, 3.05) is 0 Å². The van der Waals surface area contributed by atoms with Crippen LogP contribution in [-0.2, 0) is 17.8 Å². The van der Waals surface area contributed by atoms with E-state index in [0.29, 0.717) is 23.9 Å². The third-order valence-corrected chi connectivity index (χ3v) is 4.13. The number of hydrogen-bond donors (Lipinski definition) is 1. The number of thiophene rings is 1. The second-order valence-electron chi connectivity index (χ2n) is 4.88. The van der Waals surface area contributed by atoms with Crippen LogP contribution in [0.2, 0.25) is 0 Å². The van der Waals surface area contributed by atoms with Crippen molar-refractivity contribution >= 4 is 17.2 Å². The van der Waals surface area contributed by atoms with Crippen molar-refractivity contribution in [3.8, 4) is 10.8 Å². The summed E-state index contributed by atoms with van der Waals surface area (Å²) in [4.78, 5) is 17.3. The van der Waals surface area contributed by atoms with Gasteiger partial charge in [0.25, 0.3) is 0 Å². The molecule has 0 atom stereocenters. The van der Waals surface area contributed by atoms with Crippen molar-refractivity contribution in [2.24, 2.45) is 0 Å². The molecule has 114 valence electrons. The van der Waals surface area contributed by atoms with E-state index in [9.17, 15) is 4.79 Å². The molecular formula is C15H15N3O3S. The number of hydrogen-bond acceptors (Lipinski definition) is 6. The lowest BCUT2D eigenvalue weighted by Crippen LogP contribution is -2.25. The number of aryl methyl sites for hydroxylation is 2. The maximum Gasteiger partial charge on any atom is 0.236 e. The van der Waals surface area contributed by atoms with Gasteiger partial charge in [0.15, 0.2) is 0 Å². The number of amides is 1. The van der Waals surface area contributed by atoms with Crippen LogP contribution < -0.4 is 5.32 Å². The van der Waals surface area contributed by atoms with Gasteiger partial charge in [-0.3, -0.25) is 4.79 Å². The molecule has 0 saturated carbocycles. The Kier molecular flexibility index (Phi) is 4.06. The third kappa shape index (κ3) is 3.09. The van der Waals surface area contributed by atoms with Gasteiger partial charge in [0.2, 0.25) is 11.8 Å². The predicted molar refractivity (Wildman–Crippen MR) is 81.3 cm³/mol. The highest BCUT2D eigenvalue weighted by Gasteiger charge is 2.14. The van der Waals surface area contributed by atoms with Crippen molar-refractivity contribution in [1.29, 1.82) is 0 Å². The van der Waals surface area contributed by atoms with E-state index >= 15 is 0 Å². The maximum absolute atomic E-state index is 12.0. The number of oxazole rings is 1. The summed E-state index contributed by atoms with van der Waals surface area (Å²) in [6.07, 6.45) is 1.81. The molecule has 0 aliphatic carbocycles. The molecular weight excluding hydrogens is 302 g/mol. The van der Waals surface area contributed by atoms with Crippen LogP contribution in [-0.4, -0.2) is 16.0 Å². The molecule has 1 amide bonds. The summed E-state index contributed by atoms with van der Waals surface area (Å²) < 4.78 is 10.5. The molecule has 22 heavy (non-hydrogen) atoms. The van der Waals surface area contributed by atoms with Crippen molar-refractivity contribution in [1.82, 2.24) is 15.5 Å². The molecule has 0 bridgehead atoms. The summed E-state index contributed by atoms with van der Waals surface area (Å²) in [6, 6.07) is 3.88. The molecule has 3 rings (SSSR count). The Bertz CT molecular complexity index is 754. The fourth-order valence-corrected chi connectivity index (χ4v) is 2.72. The summed E-state index contributed by atoms with van der Waals surface area (Å²) in [5.74, 6) is 1.15. The third-order valence-electron chi connectivity index (χ3n) is 3.27. The quantitative estimate of drug-likeness (QED) is 0.782. The molecule has 0 spiro atoms. The van der Waals surface area contributed by atoms with Crippen molar-refractivity contribution in [3.63, 3.8) is 0 Å². The van der Waals surface area contributed by atoms with E-state index in [0.717, 1.165) is 16.1 Å². The maximum atomic E-state index is 12.0. The molecule has 7 heteroatoms. The molecule has 0 saturated heterocycles. The predicted octanol–water partition coefficient (Wildman–Crippen LogP) is 2.87. The lowest BCUT2D eigenvalue weighted by atomic mass is 10.1. The zero-order valence-corrected chi connectivity index (χ0v) is 13.1. The summed E-state index contributed by atoms with van der Waals surface area (Å²) in [6.45, 7) is 3.95. The lowest BCUT2D eigenvalue weighted by molar-refractivity contribution is -0.120. The summed E-state index contributed by atoms with van der Waals surface area (Å²) >= 11 is 1.56. The molecule has 0 unspecified atom stereocenters. The van der Waals surface area contributed by atoms with Crippen molar-refractivity contribution < 1.29 is 13.7 Å². The normalized spacial score (nSPS) is 10.8. The molecule has 0 aliphatic rings. The fourth-order valence-electron chi connectivity index (χ4n) is 2.07. The van der Waals surface area contributed by atoms with Crippen LogP contribution in [0.15, 0.2) is 32.7 Å². The standard InChI is InChI=1S/C15H15N3O3S/c1-9-12(10(2)21-18-9)6-14(19)16-7-11-8-20-15(17-11)13-4-3-5-22-13/h3-5,8H,6-7H2,1-2H3,(H,16,19). The highest BCUT2D eigenvalue weighted by Crippen LogP contribution is 2.23. The van der Waals surface area contributed by atoms with E-state index in [1.54, 1.807) is 24.5 Å². The average Bonchev–Trinajstić information content (AvgIpc) is 3.22. The van der Waals surface area contributed by atoms with Crippen LogP contribution in [0.4, 0.5) is 0 Å². The van der Waals surface area contributed by atoms with Gasteiger partial charge >= 0.3 is 0 Å². The molecule has 0 aliphatic heterocycles. The summed E-state index contributed by atoms with van der Waals surface area (Å²) in [7, 11) is 0. The largest absolute Gasteiger partial charge is 0.443 e. The molecule has 0 aromatic carbocycles. The molecule has 0 fully saturated rings. The molecule has 6 nitrogen and oxygen atoms in total. The minimum absolute atomic E-state index is 0.102. The smallest absolute Gasteiger partial charge is 0.236 e. The SMILES string of the molecule is Cc1noc(C)c1CC(=O)NCc1coc(-c2cccs2)n1. The van der Waals surface area contributed by atoms with Crippen LogP contribution in [0, 0.1) is 13.8 Å². The molecule has 1 N–H and O–H groups in total. The van der Waals surface area contributed by atoms with Gasteiger partial charge in [0.1, 0.15) is 12.0 Å². The zero-order valence-electron chi connectivity index (χ0n) is 12.3. The number of carbonyl (C=O) groups is 1. The Morgan fingerprint density at radius 2 is 2.27 bits per heavy atom. The van der Waals surface area contributed by atoms with E-state index in [2.05, 4.69) is 15.5 Å². The van der Waals surface area contributed by atoms with Gasteiger partial charge in [0, 0.05) is 5.56 Å². The Balaban J connectivity index is 1.57. The molecule has 3 heterocycles. The van der Waals surface area contributed by atoms with Crippen LogP contribution >= 0.6 is 11.3 Å². The van der Waals surface area contributed by atoms with E-state index in [1.807, 2.05) is 24.4 Å². The van der Waals surface area contributed by atoms with Gasteiger partial charge in [-0.15, -0.1) is 11.3 Å². The first-order valence-corrected chi connectivity index (χ1v) is 7.68. The van der Waals surface area contributed by atoms with E-state index < -0.39 is 0 Å². The number of aromatic nitrogens is 2. The van der Waals surface area contributed by atoms with E-state index in [4.69, 9.17) is 8.94 Å². The topological polar surface area (TPSA) is 81.2 Å². The zero-order chi connectivity index (χ0) is 15.5. The minimum Gasteiger partial charge on any atom is -0.443 e. The van der Waals surface area contributed by atoms with Gasteiger partial charge in [0.05, 0.1) is 29.2 Å². The van der Waals surface area contributed by atoms with E-state index in [1.165, 1.54) is 0 Å². The van der Waals surface area contributed by atoms with Crippen molar-refractivity contribution in [3.05, 3.63) is 46.5 Å². The summed E-state index contributed by atoms with van der Waals surface area (Å²) in [5, 5.41) is 8.62. The van der Waals surface area contributed by atoms with Gasteiger partial charge in [-0.25, -0.2) is 4.98 Å². The first-order chi connectivity index (χ1) is 10.6. The fraction of sp³-hybridized carbons (Fsp3) is 0.267. The molecule has 3 aromatic rings. The second-order valence-corrected chi connectivity index (χ2v) is 5.83. The number of nitrogens with zero attached hydrogens (tertiary/aromatic N) is 2. The Hall–Kier alpha value is -2.41. The Morgan fingerprint density at radius 3 is 2.95 bits per heavy atom. The Morgan fingerprint density at radius 1 is 1.41 bits per heavy atom. The minimum atomic E-state index is -0.102. The van der Waals surface area contributed by atoms with Gasteiger partial charge < -0.3 is 14.3 Å². The first kappa shape index (κ1) is 14.5. The Labute approximate surface area is 131 Å². The van der Waals surface area contributed by atoms with Gasteiger partial charge in [-0.05, 0) is 25.3 Å².